The van der Waals surface area contributed by atoms with Crippen molar-refractivity contribution >= 4 is 37.2 Å². The van der Waals surface area contributed by atoms with Crippen LogP contribution >= 0.6 is 37.2 Å². The van der Waals surface area contributed by atoms with Crippen LogP contribution in [0.3, 0.4) is 0 Å². The average molecular weight is 373 g/mol. The fourth-order valence-electron chi connectivity index (χ4n) is 2.42. The fraction of sp³-hybridized carbons (Fsp3) is 0.375. The third kappa shape index (κ3) is 5.17. The number of hydrogen-bond donors (Lipinski definition) is 0. The van der Waals surface area contributed by atoms with Gasteiger partial charge in [-0.1, -0.05) is 0 Å². The summed E-state index contributed by atoms with van der Waals surface area (Å²) in [7, 11) is 0. The van der Waals surface area contributed by atoms with E-state index >= 15 is 0 Å². The van der Waals surface area contributed by atoms with Crippen LogP contribution in [0, 0.1) is 0 Å². The van der Waals surface area contributed by atoms with Gasteiger partial charge in [-0.2, -0.15) is 0 Å². The summed E-state index contributed by atoms with van der Waals surface area (Å²) in [6.45, 7) is 4.68. The zero-order valence-electron chi connectivity index (χ0n) is 11.9. The molecule has 0 aromatic heterocycles. The van der Waals surface area contributed by atoms with Crippen LogP contribution in [0.1, 0.15) is 38.7 Å². The summed E-state index contributed by atoms with van der Waals surface area (Å²) in [6.07, 6.45) is 10.5. The van der Waals surface area contributed by atoms with Crippen LogP contribution in [0.2, 0.25) is 0 Å². The van der Waals surface area contributed by atoms with E-state index in [1.165, 1.54) is 24.8 Å². The van der Waals surface area contributed by atoms with E-state index in [1.54, 1.807) is 4.28 Å². The largest absolute Gasteiger partial charge is 0.147 e. The molecule has 0 unspecified atom stereocenters. The van der Waals surface area contributed by atoms with E-state index < -0.39 is 0 Å². The summed E-state index contributed by atoms with van der Waals surface area (Å²) in [4.78, 5) is 0. The van der Waals surface area contributed by atoms with Crippen molar-refractivity contribution < 1.29 is 16.3 Å². The van der Waals surface area contributed by atoms with Crippen molar-refractivity contribution in [3.8, 4) is 0 Å². The summed E-state index contributed by atoms with van der Waals surface area (Å²) in [5.41, 5.74) is 1.54. The second kappa shape index (κ2) is 10.8. The fourth-order valence-corrected chi connectivity index (χ4v) is 4.77. The predicted octanol–water partition coefficient (Wildman–Crippen LogP) is 5.89. The van der Waals surface area contributed by atoms with Crippen LogP contribution in [0.25, 0.3) is 0 Å². The third-order valence-corrected chi connectivity index (χ3v) is 6.62. The number of rotatable bonds is 5. The minimum Gasteiger partial charge on any atom is -0.147 e. The molecule has 0 saturated carbocycles. The molecule has 1 aliphatic carbocycles. The van der Waals surface area contributed by atoms with Crippen molar-refractivity contribution in [3.05, 3.63) is 58.4 Å². The van der Waals surface area contributed by atoms with Gasteiger partial charge in [-0.3, -0.25) is 0 Å². The molecule has 1 aliphatic rings. The number of hydrogen-bond acceptors (Lipinski definition) is 0. The maximum Gasteiger partial charge on any atom is -0.147 e. The molecule has 0 fully saturated rings. The molecule has 0 nitrogen and oxygen atoms in total. The van der Waals surface area contributed by atoms with Gasteiger partial charge in [-0.25, -0.2) is 0 Å². The van der Waals surface area contributed by atoms with Crippen LogP contribution in [0.4, 0.5) is 0 Å². The molecule has 2 rings (SSSR count). The summed E-state index contributed by atoms with van der Waals surface area (Å²) >= 11 is 0.253. The van der Waals surface area contributed by atoms with E-state index in [0.29, 0.717) is 4.13 Å². The smallest absolute Gasteiger partial charge is 0.147 e. The van der Waals surface area contributed by atoms with Crippen molar-refractivity contribution in [1.82, 2.24) is 0 Å². The van der Waals surface area contributed by atoms with Gasteiger partial charge in [0, 0.05) is 0 Å². The first-order chi connectivity index (χ1) is 8.30. The summed E-state index contributed by atoms with van der Waals surface area (Å²) in [5, 5.41) is 0. The van der Waals surface area contributed by atoms with Crippen LogP contribution in [-0.2, 0) is 20.4 Å². The van der Waals surface area contributed by atoms with Crippen molar-refractivity contribution in [2.75, 3.05) is 0 Å². The maximum atomic E-state index is 2.34. The Balaban J connectivity index is 0. The van der Waals surface area contributed by atoms with Crippen molar-refractivity contribution in [3.63, 3.8) is 0 Å². The van der Waals surface area contributed by atoms with Gasteiger partial charge in [-0.15, -0.1) is 37.2 Å². The quantitative estimate of drug-likeness (QED) is 0.604. The first kappa shape index (κ1) is 22.4. The summed E-state index contributed by atoms with van der Waals surface area (Å²) < 4.78 is 2.10. The van der Waals surface area contributed by atoms with E-state index in [9.17, 15) is 0 Å². The van der Waals surface area contributed by atoms with E-state index in [4.69, 9.17) is 0 Å². The molecule has 0 heterocycles. The molecule has 4 heteroatoms. The summed E-state index contributed by atoms with van der Waals surface area (Å²) in [5.74, 6) is 0. The van der Waals surface area contributed by atoms with E-state index in [0.717, 1.165) is 0 Å². The Kier molecular flexibility index (Phi) is 12.1. The Hall–Kier alpha value is 0.154. The standard InChI is InChI=1S/C11H15.C5H5.3ClH.V/c1-3-10(4-2)11-8-6-5-7-9-11;1-2-4-5-3-1;;;;/h5-9H,3-4H2,1-2H3;1-3H,4H2;3*1H;. The molecular formula is C16H23Cl3V. The number of halogens is 3. The van der Waals surface area contributed by atoms with Gasteiger partial charge in [0.2, 0.25) is 0 Å². The molecular weight excluding hydrogens is 349 g/mol. The van der Waals surface area contributed by atoms with Crippen LogP contribution in [0.15, 0.2) is 52.8 Å². The average Bonchev–Trinajstić information content (AvgIpc) is 2.90. The van der Waals surface area contributed by atoms with Gasteiger partial charge >= 0.3 is 112 Å². The van der Waals surface area contributed by atoms with E-state index in [1.807, 2.05) is 0 Å². The molecule has 113 valence electrons. The minimum atomic E-state index is 0. The molecule has 0 spiro atoms. The van der Waals surface area contributed by atoms with Crippen LogP contribution in [0.5, 0.6) is 0 Å². The summed E-state index contributed by atoms with van der Waals surface area (Å²) in [6, 6.07) is 11.1. The Morgan fingerprint density at radius 3 is 2.05 bits per heavy atom. The Labute approximate surface area is 148 Å². The molecule has 0 N–H and O–H groups in total. The Bertz CT molecular complexity index is 423. The number of allylic oxidation sites excluding steroid dienone is 4. The Morgan fingerprint density at radius 2 is 1.60 bits per heavy atom. The van der Waals surface area contributed by atoms with Crippen LogP contribution in [-0.4, -0.2) is 0 Å². The molecule has 0 saturated heterocycles. The monoisotopic (exact) mass is 371 g/mol. The van der Waals surface area contributed by atoms with Crippen LogP contribution < -0.4 is 0 Å². The second-order valence-corrected chi connectivity index (χ2v) is 7.09. The molecule has 20 heavy (non-hydrogen) atoms. The predicted molar refractivity (Wildman–Crippen MR) is 92.3 cm³/mol. The van der Waals surface area contributed by atoms with Gasteiger partial charge in [0.25, 0.3) is 0 Å². The normalized spacial score (nSPS) is 12.6. The SMILES string of the molecule is CC[C](CC)([V][C]1=CC=CC1)c1ccccc1.Cl.Cl.Cl. The second-order valence-electron chi connectivity index (χ2n) is 4.51. The zero-order valence-corrected chi connectivity index (χ0v) is 15.8. The van der Waals surface area contributed by atoms with Gasteiger partial charge < -0.3 is 0 Å². The number of benzene rings is 1. The molecule has 0 aliphatic heterocycles. The minimum absolute atomic E-state index is 0. The van der Waals surface area contributed by atoms with Crippen molar-refractivity contribution in [1.29, 1.82) is 0 Å². The molecule has 0 radical (unpaired) electrons. The molecule has 1 aromatic carbocycles. The maximum absolute atomic E-state index is 2.34. The van der Waals surface area contributed by atoms with E-state index in [2.05, 4.69) is 62.4 Å². The molecule has 0 atom stereocenters. The molecule has 1 aromatic rings. The van der Waals surface area contributed by atoms with Crippen molar-refractivity contribution in [2.24, 2.45) is 0 Å². The van der Waals surface area contributed by atoms with Gasteiger partial charge in [-0.05, 0) is 0 Å². The third-order valence-electron chi connectivity index (χ3n) is 3.59. The first-order valence-corrected chi connectivity index (χ1v) is 7.84. The van der Waals surface area contributed by atoms with Gasteiger partial charge in [0.15, 0.2) is 0 Å². The van der Waals surface area contributed by atoms with Crippen molar-refractivity contribution in [2.45, 2.75) is 37.2 Å². The molecule has 0 amide bonds. The van der Waals surface area contributed by atoms with Gasteiger partial charge in [0.1, 0.15) is 0 Å². The van der Waals surface area contributed by atoms with E-state index in [-0.39, 0.29) is 53.5 Å². The first-order valence-electron chi connectivity index (χ1n) is 6.45. The zero-order chi connectivity index (χ0) is 12.1. The topological polar surface area (TPSA) is 0 Å². The molecule has 0 bridgehead atoms. The Morgan fingerprint density at radius 1 is 1.00 bits per heavy atom. The van der Waals surface area contributed by atoms with Gasteiger partial charge in [0.05, 0.1) is 0 Å².